The van der Waals surface area contributed by atoms with E-state index in [1.54, 1.807) is 4.31 Å². The average molecular weight is 374 g/mol. The minimum Gasteiger partial charge on any atom is -0.248 e. The lowest BCUT2D eigenvalue weighted by Crippen LogP contribution is -2.22. The Morgan fingerprint density at radius 3 is 1.85 bits per heavy atom. The highest BCUT2D eigenvalue weighted by molar-refractivity contribution is 7.98. The van der Waals surface area contributed by atoms with Gasteiger partial charge in [-0.15, -0.1) is 0 Å². The molecule has 136 valence electrons. The van der Waals surface area contributed by atoms with E-state index >= 15 is 0 Å². The molecule has 0 saturated heterocycles. The van der Waals surface area contributed by atoms with Crippen molar-refractivity contribution < 1.29 is 4.21 Å². The van der Waals surface area contributed by atoms with Crippen LogP contribution in [0.25, 0.3) is 32.7 Å². The zero-order valence-electron chi connectivity index (χ0n) is 15.9. The molecule has 27 heavy (non-hydrogen) atoms. The molecule has 0 aromatic heterocycles. The van der Waals surface area contributed by atoms with Crippen LogP contribution in [0.3, 0.4) is 0 Å². The van der Waals surface area contributed by atoms with E-state index in [0.29, 0.717) is 0 Å². The molecule has 1 unspecified atom stereocenters. The van der Waals surface area contributed by atoms with Crippen LogP contribution in [0.5, 0.6) is 0 Å². The van der Waals surface area contributed by atoms with Gasteiger partial charge in [0.25, 0.3) is 0 Å². The summed E-state index contributed by atoms with van der Waals surface area (Å²) >= 11 is 0. The van der Waals surface area contributed by atoms with Crippen LogP contribution in [0.1, 0.15) is 5.56 Å². The van der Waals surface area contributed by atoms with Gasteiger partial charge >= 0.3 is 0 Å². The summed E-state index contributed by atoms with van der Waals surface area (Å²) in [7, 11) is 1.05. The van der Waals surface area contributed by atoms with Crippen molar-refractivity contribution in [2.45, 2.75) is 11.8 Å². The Morgan fingerprint density at radius 1 is 0.741 bits per heavy atom. The highest BCUT2D eigenvalue weighted by atomic mass is 32.2. The Morgan fingerprint density at radius 2 is 1.26 bits per heavy atom. The molecule has 0 aliphatic heterocycles. The number of nitrogens with zero attached hydrogens (tertiary/aromatic N) is 1. The van der Waals surface area contributed by atoms with Gasteiger partial charge in [-0.1, -0.05) is 66.7 Å². The maximum Gasteiger partial charge on any atom is 0.0559 e. The summed E-state index contributed by atoms with van der Waals surface area (Å²) < 4.78 is 15.3. The first kappa shape index (κ1) is 17.8. The lowest BCUT2D eigenvalue weighted by molar-refractivity contribution is 0.600. The van der Waals surface area contributed by atoms with Gasteiger partial charge in [-0.3, -0.25) is 0 Å². The second-order valence-electron chi connectivity index (χ2n) is 7.09. The first-order chi connectivity index (χ1) is 12.9. The Kier molecular flexibility index (Phi) is 4.29. The summed E-state index contributed by atoms with van der Waals surface area (Å²) in [5.74, 6) is 4.10. The van der Waals surface area contributed by atoms with Gasteiger partial charge in [0.2, 0.25) is 0 Å². The lowest BCUT2D eigenvalue weighted by atomic mass is 9.90. The third kappa shape index (κ3) is 2.84. The van der Waals surface area contributed by atoms with Crippen LogP contribution in [0.15, 0.2) is 77.7 Å². The van der Waals surface area contributed by atoms with Crippen molar-refractivity contribution in [2.24, 2.45) is 0 Å². The maximum atomic E-state index is 13.6. The molecule has 0 aliphatic carbocycles. The average Bonchev–Trinajstić information content (AvgIpc) is 2.67. The molecule has 0 fully saturated rings. The fourth-order valence-electron chi connectivity index (χ4n) is 3.68. The van der Waals surface area contributed by atoms with Crippen LogP contribution in [0.2, 0.25) is 0 Å². The molecule has 0 radical (unpaired) electrons. The predicted molar refractivity (Wildman–Crippen MR) is 119 cm³/mol. The molecule has 0 saturated carbocycles. The summed E-state index contributed by atoms with van der Waals surface area (Å²) in [5, 5.41) is 4.59. The molecule has 0 heterocycles. The number of fused-ring (bicyclic) bond motifs is 2. The molecule has 4 aromatic carbocycles. The molecule has 4 rings (SSSR count). The Balaban J connectivity index is 2.25. The van der Waals surface area contributed by atoms with E-state index in [2.05, 4.69) is 61.3 Å². The fourth-order valence-corrected chi connectivity index (χ4v) is 4.89. The summed E-state index contributed by atoms with van der Waals surface area (Å²) in [6, 6.07) is 25.0. The van der Waals surface area contributed by atoms with E-state index in [-0.39, 0.29) is 0 Å². The fraction of sp³-hybridized carbons (Fsp3) is 0.125. The molecule has 3 heteroatoms. The van der Waals surface area contributed by atoms with E-state index in [9.17, 15) is 4.21 Å². The van der Waals surface area contributed by atoms with Crippen molar-refractivity contribution in [2.75, 3.05) is 14.1 Å². The van der Waals surface area contributed by atoms with Crippen LogP contribution in [0, 0.1) is 6.92 Å². The monoisotopic (exact) mass is 373 g/mol. The van der Waals surface area contributed by atoms with Gasteiger partial charge in [-0.05, 0) is 65.6 Å². The van der Waals surface area contributed by atoms with Crippen molar-refractivity contribution in [3.63, 3.8) is 0 Å². The molecule has 1 atom stereocenters. The maximum absolute atomic E-state index is 13.6. The lowest BCUT2D eigenvalue weighted by Gasteiger charge is -2.23. The third-order valence-electron chi connectivity index (χ3n) is 5.21. The van der Waals surface area contributed by atoms with Crippen LogP contribution >= 0.6 is 0 Å². The Hall–Kier alpha value is -2.62. The minimum atomic E-state index is -2.60. The van der Waals surface area contributed by atoms with Gasteiger partial charge < -0.3 is 0 Å². The predicted octanol–water partition coefficient (Wildman–Crippen LogP) is 5.52. The van der Waals surface area contributed by atoms with Crippen molar-refractivity contribution >= 4 is 37.1 Å². The summed E-state index contributed by atoms with van der Waals surface area (Å²) in [6.45, 7) is 2.12. The molecular formula is C24H23NOS. The molecule has 4 aromatic rings. The Labute approximate surface area is 161 Å². The normalized spacial score (nSPS) is 13.9. The van der Waals surface area contributed by atoms with Gasteiger partial charge in [0.05, 0.1) is 14.6 Å². The standard InChI is InChI=1S/C24H23NOS/c1-17-13-14-18-9-5-7-11-20(18)23(17)24-21-12-8-6-10-19(21)15-16-22(24)27(4,26)25(2)3/h5-16H,4H2,1-3H3. The first-order valence-electron chi connectivity index (χ1n) is 8.96. The highest BCUT2D eigenvalue weighted by Gasteiger charge is 2.21. The second kappa shape index (κ2) is 6.52. The quantitative estimate of drug-likeness (QED) is 0.433. The van der Waals surface area contributed by atoms with Crippen molar-refractivity contribution in [3.05, 3.63) is 78.4 Å². The number of hydrogen-bond donors (Lipinski definition) is 0. The zero-order chi connectivity index (χ0) is 19.2. The minimum absolute atomic E-state index is 0.783. The SMILES string of the molecule is C=S(=O)(c1ccc2ccccc2c1-c1c(C)ccc2ccccc12)N(C)C. The van der Waals surface area contributed by atoms with Gasteiger partial charge in [-0.2, -0.15) is 0 Å². The van der Waals surface area contributed by atoms with E-state index in [0.717, 1.165) is 26.8 Å². The van der Waals surface area contributed by atoms with Crippen molar-refractivity contribution in [1.82, 2.24) is 4.31 Å². The number of aryl methyl sites for hydroxylation is 1. The Bertz CT molecular complexity index is 1270. The number of hydrogen-bond acceptors (Lipinski definition) is 1. The largest absolute Gasteiger partial charge is 0.248 e. The smallest absolute Gasteiger partial charge is 0.0559 e. The van der Waals surface area contributed by atoms with E-state index < -0.39 is 9.71 Å². The highest BCUT2D eigenvalue weighted by Crippen LogP contribution is 2.41. The molecule has 0 aliphatic rings. The number of benzene rings is 4. The second-order valence-corrected chi connectivity index (χ2v) is 9.54. The summed E-state index contributed by atoms with van der Waals surface area (Å²) in [5.41, 5.74) is 3.33. The molecule has 2 nitrogen and oxygen atoms in total. The van der Waals surface area contributed by atoms with Gasteiger partial charge in [0.1, 0.15) is 0 Å². The van der Waals surface area contributed by atoms with E-state index in [4.69, 9.17) is 0 Å². The van der Waals surface area contributed by atoms with Gasteiger partial charge in [0, 0.05) is 5.56 Å². The third-order valence-corrected chi connectivity index (χ3v) is 7.42. The van der Waals surface area contributed by atoms with E-state index in [1.165, 1.54) is 16.3 Å². The van der Waals surface area contributed by atoms with Crippen LogP contribution in [-0.4, -0.2) is 28.5 Å². The molecule has 0 spiro atoms. The topological polar surface area (TPSA) is 20.3 Å². The summed E-state index contributed by atoms with van der Waals surface area (Å²) in [4.78, 5) is 0.783. The van der Waals surface area contributed by atoms with Crippen LogP contribution in [-0.2, 0) is 9.71 Å². The van der Waals surface area contributed by atoms with Crippen LogP contribution < -0.4 is 0 Å². The molecular weight excluding hydrogens is 350 g/mol. The van der Waals surface area contributed by atoms with Gasteiger partial charge in [0.15, 0.2) is 0 Å². The van der Waals surface area contributed by atoms with Gasteiger partial charge in [-0.25, -0.2) is 8.51 Å². The molecule has 0 bridgehead atoms. The zero-order valence-corrected chi connectivity index (χ0v) is 16.7. The van der Waals surface area contributed by atoms with Crippen molar-refractivity contribution in [1.29, 1.82) is 0 Å². The van der Waals surface area contributed by atoms with E-state index in [1.807, 2.05) is 38.4 Å². The number of rotatable bonds is 3. The molecule has 0 N–H and O–H groups in total. The van der Waals surface area contributed by atoms with Crippen molar-refractivity contribution in [3.8, 4) is 11.1 Å². The summed E-state index contributed by atoms with van der Waals surface area (Å²) in [6.07, 6.45) is 0. The molecule has 0 amide bonds. The first-order valence-corrected chi connectivity index (χ1v) is 10.6. The van der Waals surface area contributed by atoms with Crippen LogP contribution in [0.4, 0.5) is 0 Å².